The van der Waals surface area contributed by atoms with Gasteiger partial charge in [0.1, 0.15) is 17.5 Å². The van der Waals surface area contributed by atoms with Gasteiger partial charge in [0.2, 0.25) is 5.88 Å². The summed E-state index contributed by atoms with van der Waals surface area (Å²) >= 11 is 12.1. The number of benzene rings is 1. The molecule has 6 nitrogen and oxygen atoms in total. The predicted molar refractivity (Wildman–Crippen MR) is 101 cm³/mol. The normalized spacial score (nSPS) is 12.4. The van der Waals surface area contributed by atoms with Gasteiger partial charge in [-0.3, -0.25) is 4.68 Å². The van der Waals surface area contributed by atoms with Gasteiger partial charge in [-0.1, -0.05) is 30.1 Å². The van der Waals surface area contributed by atoms with Crippen molar-refractivity contribution in [2.45, 2.75) is 32.9 Å². The van der Waals surface area contributed by atoms with Crippen LogP contribution in [0.1, 0.15) is 36.9 Å². The van der Waals surface area contributed by atoms with E-state index in [1.165, 1.54) is 0 Å². The second kappa shape index (κ2) is 7.70. The molecule has 0 saturated heterocycles. The second-order valence-corrected chi connectivity index (χ2v) is 6.70. The Hall–Kier alpha value is -2.02. The zero-order chi connectivity index (χ0) is 18.8. The molecule has 1 aromatic carbocycles. The lowest BCUT2D eigenvalue weighted by Crippen LogP contribution is -2.09. The van der Waals surface area contributed by atoms with Crippen LogP contribution >= 0.6 is 23.2 Å². The summed E-state index contributed by atoms with van der Waals surface area (Å²) in [5.74, 6) is 1.10. The Labute approximate surface area is 161 Å². The summed E-state index contributed by atoms with van der Waals surface area (Å²) < 4.78 is 9.42. The minimum Gasteiger partial charge on any atom is -0.439 e. The lowest BCUT2D eigenvalue weighted by atomic mass is 10.1. The number of aliphatic hydroxyl groups excluding tert-OH is 1. The number of aryl methyl sites for hydroxylation is 2. The van der Waals surface area contributed by atoms with Crippen LogP contribution in [0.3, 0.4) is 0 Å². The molecule has 138 valence electrons. The van der Waals surface area contributed by atoms with Crippen LogP contribution in [0.5, 0.6) is 11.6 Å². The molecular weight excluding hydrogens is 375 g/mol. The van der Waals surface area contributed by atoms with Crippen LogP contribution in [0.2, 0.25) is 10.0 Å². The Bertz CT molecular complexity index is 900. The lowest BCUT2D eigenvalue weighted by molar-refractivity contribution is 0.202. The van der Waals surface area contributed by atoms with Gasteiger partial charge in [-0.25, -0.2) is 4.68 Å². The first-order valence-electron chi connectivity index (χ1n) is 8.34. The van der Waals surface area contributed by atoms with E-state index in [1.807, 2.05) is 13.8 Å². The number of nitrogens with zero attached hydrogens (tertiary/aromatic N) is 4. The number of halogens is 2. The van der Waals surface area contributed by atoms with E-state index >= 15 is 0 Å². The highest BCUT2D eigenvalue weighted by molar-refractivity contribution is 6.34. The molecule has 26 heavy (non-hydrogen) atoms. The van der Waals surface area contributed by atoms with Crippen LogP contribution in [0, 0.1) is 0 Å². The van der Waals surface area contributed by atoms with E-state index in [4.69, 9.17) is 27.9 Å². The molecule has 0 bridgehead atoms. The molecule has 0 aliphatic carbocycles. The van der Waals surface area contributed by atoms with Crippen LogP contribution in [0.15, 0.2) is 30.5 Å². The zero-order valence-corrected chi connectivity index (χ0v) is 16.3. The van der Waals surface area contributed by atoms with Gasteiger partial charge in [0.25, 0.3) is 0 Å². The Balaban J connectivity index is 2.05. The fraction of sp³-hybridized carbons (Fsp3) is 0.333. The molecule has 0 fully saturated rings. The number of ether oxygens (including phenoxy) is 1. The maximum atomic E-state index is 10.8. The third kappa shape index (κ3) is 3.58. The van der Waals surface area contributed by atoms with E-state index in [9.17, 15) is 5.11 Å². The first kappa shape index (κ1) is 18.8. The van der Waals surface area contributed by atoms with Crippen LogP contribution in [-0.4, -0.2) is 24.7 Å². The Morgan fingerprint density at radius 1 is 1.19 bits per heavy atom. The highest BCUT2D eigenvalue weighted by atomic mass is 35.5. The van der Waals surface area contributed by atoms with Gasteiger partial charge in [-0.15, -0.1) is 0 Å². The summed E-state index contributed by atoms with van der Waals surface area (Å²) in [5, 5.41) is 20.5. The number of aromatic nitrogens is 4. The van der Waals surface area contributed by atoms with E-state index in [0.717, 1.165) is 5.56 Å². The zero-order valence-electron chi connectivity index (χ0n) is 14.8. The summed E-state index contributed by atoms with van der Waals surface area (Å²) in [6.07, 6.45) is 1.40. The van der Waals surface area contributed by atoms with Crippen molar-refractivity contribution in [2.75, 3.05) is 0 Å². The molecule has 8 heteroatoms. The smallest absolute Gasteiger partial charge is 0.221 e. The van der Waals surface area contributed by atoms with Crippen LogP contribution in [0.25, 0.3) is 0 Å². The van der Waals surface area contributed by atoms with Gasteiger partial charge < -0.3 is 9.84 Å². The van der Waals surface area contributed by atoms with Gasteiger partial charge in [0, 0.05) is 35.4 Å². The summed E-state index contributed by atoms with van der Waals surface area (Å²) in [5.41, 5.74) is 2.05. The second-order valence-electron chi connectivity index (χ2n) is 5.83. The van der Waals surface area contributed by atoms with Gasteiger partial charge in [0.05, 0.1) is 5.69 Å². The SMILES string of the molecule is CCc1c([C@H](O)c2ccnn2C)nn(CC)c1Oc1cc(Cl)cc(Cl)c1. The average Bonchev–Trinajstić information content (AvgIpc) is 3.16. The highest BCUT2D eigenvalue weighted by Crippen LogP contribution is 2.35. The van der Waals surface area contributed by atoms with E-state index in [1.54, 1.807) is 46.9 Å². The molecule has 1 atom stereocenters. The van der Waals surface area contributed by atoms with E-state index < -0.39 is 6.10 Å². The summed E-state index contributed by atoms with van der Waals surface area (Å²) in [6.45, 7) is 4.55. The molecule has 0 aliphatic heterocycles. The molecule has 0 radical (unpaired) electrons. The van der Waals surface area contributed by atoms with E-state index in [-0.39, 0.29) is 0 Å². The minimum absolute atomic E-state index is 0.489. The molecule has 1 N–H and O–H groups in total. The number of aliphatic hydroxyl groups is 1. The van der Waals surface area contributed by atoms with Crippen LogP contribution in [0.4, 0.5) is 0 Å². The fourth-order valence-electron chi connectivity index (χ4n) is 2.87. The molecule has 3 rings (SSSR count). The molecule has 0 unspecified atom stereocenters. The third-order valence-electron chi connectivity index (χ3n) is 4.13. The molecule has 2 aromatic heterocycles. The van der Waals surface area contributed by atoms with Crippen molar-refractivity contribution in [3.63, 3.8) is 0 Å². The topological polar surface area (TPSA) is 65.1 Å². The van der Waals surface area contributed by atoms with Crippen molar-refractivity contribution in [1.29, 1.82) is 0 Å². The van der Waals surface area contributed by atoms with Gasteiger partial charge in [-0.2, -0.15) is 10.2 Å². The van der Waals surface area contributed by atoms with E-state index in [0.29, 0.717) is 46.0 Å². The van der Waals surface area contributed by atoms with E-state index in [2.05, 4.69) is 10.2 Å². The number of hydrogen-bond acceptors (Lipinski definition) is 4. The molecule has 2 heterocycles. The molecule has 0 saturated carbocycles. The van der Waals surface area contributed by atoms with Crippen LogP contribution in [-0.2, 0) is 20.0 Å². The Morgan fingerprint density at radius 3 is 2.42 bits per heavy atom. The maximum Gasteiger partial charge on any atom is 0.221 e. The van der Waals surface area contributed by atoms with Gasteiger partial charge >= 0.3 is 0 Å². The Kier molecular flexibility index (Phi) is 5.55. The average molecular weight is 395 g/mol. The summed E-state index contributed by atoms with van der Waals surface area (Å²) in [7, 11) is 1.78. The predicted octanol–water partition coefficient (Wildman–Crippen LogP) is 4.38. The molecule has 0 spiro atoms. The van der Waals surface area contributed by atoms with Crippen molar-refractivity contribution in [2.24, 2.45) is 7.05 Å². The van der Waals surface area contributed by atoms with Crippen molar-refractivity contribution < 1.29 is 9.84 Å². The van der Waals surface area contributed by atoms with Crippen molar-refractivity contribution in [3.8, 4) is 11.6 Å². The van der Waals surface area contributed by atoms with Crippen molar-refractivity contribution in [3.05, 3.63) is 57.5 Å². The minimum atomic E-state index is -0.893. The number of rotatable bonds is 6. The maximum absolute atomic E-state index is 10.8. The van der Waals surface area contributed by atoms with Crippen LogP contribution < -0.4 is 4.74 Å². The quantitative estimate of drug-likeness (QED) is 0.673. The van der Waals surface area contributed by atoms with Crippen molar-refractivity contribution in [1.82, 2.24) is 19.6 Å². The Morgan fingerprint density at radius 2 is 1.88 bits per heavy atom. The molecule has 0 aliphatic rings. The first-order valence-corrected chi connectivity index (χ1v) is 9.09. The molecule has 3 aromatic rings. The standard InChI is InChI=1S/C18H20Cl2N4O2/c1-4-14-16(17(25)15-6-7-21-23(15)3)22-24(5-2)18(14)26-13-9-11(19)8-12(20)10-13/h6-10,17,25H,4-5H2,1-3H3/t17-/m1/s1. The third-order valence-corrected chi connectivity index (χ3v) is 4.57. The van der Waals surface area contributed by atoms with Crippen molar-refractivity contribution >= 4 is 23.2 Å². The monoisotopic (exact) mass is 394 g/mol. The lowest BCUT2D eigenvalue weighted by Gasteiger charge is -2.11. The summed E-state index contributed by atoms with van der Waals surface area (Å²) in [6, 6.07) is 6.80. The van der Waals surface area contributed by atoms with Gasteiger partial charge in [0.15, 0.2) is 0 Å². The first-order chi connectivity index (χ1) is 12.4. The largest absolute Gasteiger partial charge is 0.439 e. The highest BCUT2D eigenvalue weighted by Gasteiger charge is 2.26. The summed E-state index contributed by atoms with van der Waals surface area (Å²) in [4.78, 5) is 0. The molecule has 0 amide bonds. The number of hydrogen-bond donors (Lipinski definition) is 1. The van der Waals surface area contributed by atoms with Gasteiger partial charge in [-0.05, 0) is 37.6 Å². The molecular formula is C18H20Cl2N4O2. The fourth-order valence-corrected chi connectivity index (χ4v) is 3.38.